The molecule has 0 saturated carbocycles. The monoisotopic (exact) mass is 721 g/mol. The number of halogens is 6. The van der Waals surface area contributed by atoms with Gasteiger partial charge in [0.15, 0.2) is 16.2 Å². The highest BCUT2D eigenvalue weighted by molar-refractivity contribution is 9.10. The molecule has 1 aliphatic rings. The van der Waals surface area contributed by atoms with Gasteiger partial charge in [0.25, 0.3) is 17.7 Å². The molecule has 1 aromatic heterocycles. The van der Waals surface area contributed by atoms with Gasteiger partial charge < -0.3 is 20.0 Å². The number of carbonyl (C=O) groups is 4. The number of nitrogens with zero attached hydrogens (tertiary/aromatic N) is 2. The maximum Gasteiger partial charge on any atom is 0.416 e. The van der Waals surface area contributed by atoms with Crippen LogP contribution in [0, 0.1) is 11.6 Å². The predicted octanol–water partition coefficient (Wildman–Crippen LogP) is 5.98. The van der Waals surface area contributed by atoms with E-state index in [1.807, 2.05) is 0 Å². The van der Waals surface area contributed by atoms with Crippen molar-refractivity contribution in [2.45, 2.75) is 24.4 Å². The summed E-state index contributed by atoms with van der Waals surface area (Å²) in [6, 6.07) is 11.4. The van der Waals surface area contributed by atoms with Crippen LogP contribution in [0.1, 0.15) is 55.4 Å². The van der Waals surface area contributed by atoms with Crippen LogP contribution in [0.25, 0.3) is 11.3 Å². The van der Waals surface area contributed by atoms with Crippen molar-refractivity contribution in [3.05, 3.63) is 105 Å². The van der Waals surface area contributed by atoms with Crippen LogP contribution in [0.4, 0.5) is 22.0 Å². The lowest BCUT2D eigenvalue weighted by molar-refractivity contribution is -0.146. The molecule has 47 heavy (non-hydrogen) atoms. The average Bonchev–Trinajstić information content (AvgIpc) is 3.52. The summed E-state index contributed by atoms with van der Waals surface area (Å²) in [5, 5.41) is 10.6. The van der Waals surface area contributed by atoms with Crippen molar-refractivity contribution in [3.63, 3.8) is 0 Å². The molecule has 0 bridgehead atoms. The fourth-order valence-electron chi connectivity index (χ4n) is 5.10. The Morgan fingerprint density at radius 2 is 1.57 bits per heavy atom. The van der Waals surface area contributed by atoms with Crippen LogP contribution in [-0.2, 0) is 16.4 Å². The average molecular weight is 722 g/mol. The van der Waals surface area contributed by atoms with Gasteiger partial charge in [-0.05, 0) is 58.7 Å². The number of aromatic nitrogens is 1. The maximum atomic E-state index is 14.8. The second-order valence-electron chi connectivity index (χ2n) is 10.4. The molecule has 10 nitrogen and oxygen atoms in total. The molecule has 3 aromatic carbocycles. The predicted molar refractivity (Wildman–Crippen MR) is 155 cm³/mol. The first kappa shape index (κ1) is 33.2. The van der Waals surface area contributed by atoms with E-state index < -0.39 is 95.7 Å². The largest absolute Gasteiger partial charge is 0.490 e. The lowest BCUT2D eigenvalue weighted by Crippen LogP contribution is -2.42. The lowest BCUT2D eigenvalue weighted by atomic mass is 9.80. The summed E-state index contributed by atoms with van der Waals surface area (Å²) < 4.78 is 79.1. The Morgan fingerprint density at radius 1 is 0.957 bits per heavy atom. The third kappa shape index (κ3) is 6.19. The minimum absolute atomic E-state index is 0.0586. The smallest absolute Gasteiger partial charge is 0.416 e. The minimum Gasteiger partial charge on any atom is -0.490 e. The van der Waals surface area contributed by atoms with Crippen molar-refractivity contribution < 1.29 is 55.4 Å². The molecule has 4 aromatic rings. The third-order valence-corrected chi connectivity index (χ3v) is 8.16. The molecule has 0 saturated heterocycles. The molecule has 5 rings (SSSR count). The number of carboxylic acid groups (broad SMARTS) is 1. The Labute approximate surface area is 270 Å². The van der Waals surface area contributed by atoms with Gasteiger partial charge >= 0.3 is 12.1 Å². The van der Waals surface area contributed by atoms with Crippen molar-refractivity contribution in [1.29, 1.82) is 0 Å². The van der Waals surface area contributed by atoms with Crippen LogP contribution in [0.15, 0.2) is 69.8 Å². The number of benzene rings is 3. The van der Waals surface area contributed by atoms with E-state index in [9.17, 15) is 46.2 Å². The number of rotatable bonds is 11. The topological polar surface area (TPSA) is 153 Å². The number of nitrogens with two attached hydrogens (primary N) is 1. The molecule has 1 aliphatic heterocycles. The van der Waals surface area contributed by atoms with Crippen LogP contribution >= 0.6 is 15.9 Å². The SMILES string of the molecule is NC(=O)c1c(F)ccc(OCCC(CCN2C(=O)c3ccccc3C2=O)(C(=O)O)c2nc(-c3ccc(C(F)(F)F)cc3)c(Br)o2)c1F. The zero-order chi connectivity index (χ0) is 34.3. The maximum absolute atomic E-state index is 14.8. The Hall–Kier alpha value is -5.12. The van der Waals surface area contributed by atoms with E-state index in [1.165, 1.54) is 12.1 Å². The summed E-state index contributed by atoms with van der Waals surface area (Å²) in [6.45, 7) is -1.06. The fourth-order valence-corrected chi connectivity index (χ4v) is 5.57. The molecule has 16 heteroatoms. The van der Waals surface area contributed by atoms with E-state index >= 15 is 0 Å². The Kier molecular flexibility index (Phi) is 8.90. The van der Waals surface area contributed by atoms with E-state index in [0.29, 0.717) is 0 Å². The van der Waals surface area contributed by atoms with Gasteiger partial charge in [-0.2, -0.15) is 13.2 Å². The van der Waals surface area contributed by atoms with Crippen LogP contribution in [-0.4, -0.2) is 51.8 Å². The molecule has 0 radical (unpaired) electrons. The highest BCUT2D eigenvalue weighted by Crippen LogP contribution is 2.40. The fraction of sp³-hybridized carbons (Fsp3) is 0.194. The van der Waals surface area contributed by atoms with Gasteiger partial charge in [0, 0.05) is 18.5 Å². The normalized spacial score (nSPS) is 14.2. The third-order valence-electron chi connectivity index (χ3n) is 7.62. The first-order valence-electron chi connectivity index (χ1n) is 13.6. The van der Waals surface area contributed by atoms with E-state index in [2.05, 4.69) is 20.9 Å². The highest BCUT2D eigenvalue weighted by atomic mass is 79.9. The van der Waals surface area contributed by atoms with Gasteiger partial charge in [0.1, 0.15) is 22.5 Å². The molecular formula is C31H21BrF5N3O7. The second kappa shape index (κ2) is 12.6. The Balaban J connectivity index is 1.50. The van der Waals surface area contributed by atoms with Crippen LogP contribution in [0.2, 0.25) is 0 Å². The van der Waals surface area contributed by atoms with Gasteiger partial charge in [-0.1, -0.05) is 24.3 Å². The number of imide groups is 1. The van der Waals surface area contributed by atoms with Crippen LogP contribution < -0.4 is 10.5 Å². The van der Waals surface area contributed by atoms with Gasteiger partial charge in [-0.25, -0.2) is 13.8 Å². The number of oxazole rings is 1. The van der Waals surface area contributed by atoms with Crippen molar-refractivity contribution >= 4 is 39.6 Å². The van der Waals surface area contributed by atoms with E-state index in [0.717, 1.165) is 41.3 Å². The molecular weight excluding hydrogens is 701 g/mol. The Morgan fingerprint density at radius 3 is 2.13 bits per heavy atom. The summed E-state index contributed by atoms with van der Waals surface area (Å²) >= 11 is 3.13. The summed E-state index contributed by atoms with van der Waals surface area (Å²) in [7, 11) is 0. The standard InChI is InChI=1S/C31H21BrF5N3O7/c32-24-23(15-5-7-16(8-6-15)31(35,36)37)39-28(47-24)30(29(44)45,11-13-40-26(42)17-3-1-2-4-18(17)27(40)43)12-14-46-20-10-9-19(33)21(22(20)34)25(38)41/h1-10H,11-14H2,(H2,38,41)(H,44,45). The summed E-state index contributed by atoms with van der Waals surface area (Å²) in [4.78, 5) is 55.7. The molecule has 2 heterocycles. The number of alkyl halides is 3. The summed E-state index contributed by atoms with van der Waals surface area (Å²) in [5.74, 6) is -8.10. The van der Waals surface area contributed by atoms with Gasteiger partial charge in [-0.3, -0.25) is 24.1 Å². The second-order valence-corrected chi connectivity index (χ2v) is 11.1. The quantitative estimate of drug-likeness (QED) is 0.142. The summed E-state index contributed by atoms with van der Waals surface area (Å²) in [5.41, 5.74) is 1.15. The molecule has 3 amide bonds. The summed E-state index contributed by atoms with van der Waals surface area (Å²) in [6.07, 6.45) is -5.67. The van der Waals surface area contributed by atoms with Crippen LogP contribution in [0.5, 0.6) is 5.75 Å². The molecule has 0 fully saturated rings. The number of aliphatic carboxylic acids is 1. The van der Waals surface area contributed by atoms with Gasteiger partial charge in [-0.15, -0.1) is 0 Å². The zero-order valence-corrected chi connectivity index (χ0v) is 25.3. The minimum atomic E-state index is -4.62. The van der Waals surface area contributed by atoms with E-state index in [-0.39, 0.29) is 27.1 Å². The number of amides is 3. The van der Waals surface area contributed by atoms with Crippen molar-refractivity contribution in [2.24, 2.45) is 5.73 Å². The first-order chi connectivity index (χ1) is 22.2. The number of hydrogen-bond acceptors (Lipinski definition) is 7. The van der Waals surface area contributed by atoms with Crippen molar-refractivity contribution in [2.75, 3.05) is 13.2 Å². The highest BCUT2D eigenvalue weighted by Gasteiger charge is 2.47. The van der Waals surface area contributed by atoms with Gasteiger partial charge in [0.2, 0.25) is 5.89 Å². The number of carbonyl (C=O) groups excluding carboxylic acids is 3. The molecule has 0 spiro atoms. The molecule has 244 valence electrons. The number of ether oxygens (including phenoxy) is 1. The molecule has 1 atom stereocenters. The first-order valence-corrected chi connectivity index (χ1v) is 14.4. The van der Waals surface area contributed by atoms with E-state index in [4.69, 9.17) is 14.9 Å². The van der Waals surface area contributed by atoms with Crippen LogP contribution in [0.3, 0.4) is 0 Å². The zero-order valence-electron chi connectivity index (χ0n) is 23.7. The van der Waals surface area contributed by atoms with E-state index in [1.54, 1.807) is 12.1 Å². The van der Waals surface area contributed by atoms with Crippen molar-refractivity contribution in [1.82, 2.24) is 9.88 Å². The van der Waals surface area contributed by atoms with Crippen molar-refractivity contribution in [3.8, 4) is 17.0 Å². The number of primary amides is 1. The molecule has 0 aliphatic carbocycles. The molecule has 3 N–H and O–H groups in total. The Bertz CT molecular complexity index is 1880. The number of carboxylic acids is 1. The lowest BCUT2D eigenvalue weighted by Gasteiger charge is -2.28. The molecule has 1 unspecified atom stereocenters. The number of fused-ring (bicyclic) bond motifs is 1. The van der Waals surface area contributed by atoms with Gasteiger partial charge in [0.05, 0.1) is 23.3 Å². The number of hydrogen-bond donors (Lipinski definition) is 2.